The number of aromatic carboxylic acids is 1. The average molecular weight is 369 g/mol. The standard InChI is InChI=1S/C16H14Cl2N2O4/c17-11-2-4-14(24-8-15(19)21)10(5-11)7-20-13-6-9(16(22)23)1-3-12(13)18/h1-6,20H,7-8H2,(H2,19,21)(H,22,23). The fraction of sp³-hybridized carbons (Fsp3) is 0.125. The molecule has 126 valence electrons. The van der Waals surface area contributed by atoms with E-state index < -0.39 is 11.9 Å². The van der Waals surface area contributed by atoms with Gasteiger partial charge in [-0.3, -0.25) is 4.79 Å². The minimum absolute atomic E-state index is 0.109. The maximum atomic E-state index is 11.0. The Bertz CT molecular complexity index is 781. The van der Waals surface area contributed by atoms with Gasteiger partial charge in [0.15, 0.2) is 6.61 Å². The molecule has 0 aromatic heterocycles. The van der Waals surface area contributed by atoms with Crippen molar-refractivity contribution in [3.63, 3.8) is 0 Å². The van der Waals surface area contributed by atoms with Crippen molar-refractivity contribution in [2.75, 3.05) is 11.9 Å². The summed E-state index contributed by atoms with van der Waals surface area (Å²) < 4.78 is 5.33. The maximum Gasteiger partial charge on any atom is 0.335 e. The molecule has 2 rings (SSSR count). The van der Waals surface area contributed by atoms with Crippen LogP contribution in [0.15, 0.2) is 36.4 Å². The van der Waals surface area contributed by atoms with E-state index in [9.17, 15) is 9.59 Å². The van der Waals surface area contributed by atoms with Crippen molar-refractivity contribution >= 4 is 40.8 Å². The third-order valence-corrected chi connectivity index (χ3v) is 3.64. The van der Waals surface area contributed by atoms with E-state index in [1.54, 1.807) is 18.2 Å². The highest BCUT2D eigenvalue weighted by Gasteiger charge is 2.10. The van der Waals surface area contributed by atoms with E-state index in [-0.39, 0.29) is 18.7 Å². The molecule has 0 radical (unpaired) electrons. The van der Waals surface area contributed by atoms with Crippen LogP contribution in [0, 0.1) is 0 Å². The van der Waals surface area contributed by atoms with Crippen molar-refractivity contribution < 1.29 is 19.4 Å². The van der Waals surface area contributed by atoms with E-state index in [0.29, 0.717) is 27.0 Å². The molecule has 0 fully saturated rings. The molecular weight excluding hydrogens is 355 g/mol. The van der Waals surface area contributed by atoms with Crippen LogP contribution in [0.2, 0.25) is 10.0 Å². The Kier molecular flexibility index (Phi) is 5.89. The Morgan fingerprint density at radius 3 is 2.58 bits per heavy atom. The number of hydrogen-bond acceptors (Lipinski definition) is 4. The summed E-state index contributed by atoms with van der Waals surface area (Å²) in [5.74, 6) is -1.21. The lowest BCUT2D eigenvalue weighted by Gasteiger charge is -2.13. The van der Waals surface area contributed by atoms with E-state index in [2.05, 4.69) is 5.32 Å². The zero-order valence-electron chi connectivity index (χ0n) is 12.4. The molecule has 0 atom stereocenters. The summed E-state index contributed by atoms with van der Waals surface area (Å²) in [4.78, 5) is 21.9. The van der Waals surface area contributed by atoms with Gasteiger partial charge in [0.2, 0.25) is 0 Å². The van der Waals surface area contributed by atoms with Crippen LogP contribution in [-0.4, -0.2) is 23.6 Å². The van der Waals surface area contributed by atoms with Crippen LogP contribution in [0.25, 0.3) is 0 Å². The third-order valence-electron chi connectivity index (χ3n) is 3.08. The van der Waals surface area contributed by atoms with Crippen LogP contribution < -0.4 is 15.8 Å². The Morgan fingerprint density at radius 2 is 1.92 bits per heavy atom. The van der Waals surface area contributed by atoms with Crippen molar-refractivity contribution in [3.8, 4) is 5.75 Å². The molecule has 0 aliphatic rings. The van der Waals surface area contributed by atoms with Crippen LogP contribution in [0.1, 0.15) is 15.9 Å². The minimum Gasteiger partial charge on any atom is -0.483 e. The van der Waals surface area contributed by atoms with Crippen LogP contribution in [0.3, 0.4) is 0 Å². The van der Waals surface area contributed by atoms with Crippen molar-refractivity contribution in [2.24, 2.45) is 5.73 Å². The number of benzene rings is 2. The summed E-state index contributed by atoms with van der Waals surface area (Å²) >= 11 is 12.0. The quantitative estimate of drug-likeness (QED) is 0.696. The Labute approximate surface area is 148 Å². The number of carbonyl (C=O) groups excluding carboxylic acids is 1. The fourth-order valence-corrected chi connectivity index (χ4v) is 2.34. The van der Waals surface area contributed by atoms with Gasteiger partial charge in [-0.05, 0) is 36.4 Å². The van der Waals surface area contributed by atoms with E-state index in [0.717, 1.165) is 0 Å². The average Bonchev–Trinajstić information content (AvgIpc) is 2.52. The highest BCUT2D eigenvalue weighted by molar-refractivity contribution is 6.33. The van der Waals surface area contributed by atoms with Crippen LogP contribution >= 0.6 is 23.2 Å². The molecule has 0 heterocycles. The summed E-state index contributed by atoms with van der Waals surface area (Å²) in [5, 5.41) is 12.9. The molecule has 6 nitrogen and oxygen atoms in total. The molecule has 0 unspecified atom stereocenters. The first-order chi connectivity index (χ1) is 11.4. The van der Waals surface area contributed by atoms with Gasteiger partial charge in [-0.1, -0.05) is 23.2 Å². The first-order valence-electron chi connectivity index (χ1n) is 6.83. The summed E-state index contributed by atoms with van der Waals surface area (Å²) in [6.45, 7) is 0.00132. The highest BCUT2D eigenvalue weighted by atomic mass is 35.5. The molecule has 2 aromatic rings. The minimum atomic E-state index is -1.05. The van der Waals surface area contributed by atoms with Crippen molar-refractivity contribution in [1.29, 1.82) is 0 Å². The first-order valence-corrected chi connectivity index (χ1v) is 7.58. The van der Waals surface area contributed by atoms with E-state index in [4.69, 9.17) is 38.8 Å². The molecule has 0 aliphatic heterocycles. The molecule has 1 amide bonds. The van der Waals surface area contributed by atoms with Gasteiger partial charge < -0.3 is 20.9 Å². The lowest BCUT2D eigenvalue weighted by Crippen LogP contribution is -2.20. The number of primary amides is 1. The molecule has 24 heavy (non-hydrogen) atoms. The number of carboxylic acids is 1. The summed E-state index contributed by atoms with van der Waals surface area (Å²) in [7, 11) is 0. The van der Waals surface area contributed by atoms with Gasteiger partial charge in [-0.25, -0.2) is 4.79 Å². The van der Waals surface area contributed by atoms with Crippen molar-refractivity contribution in [3.05, 3.63) is 57.6 Å². The second kappa shape index (κ2) is 7.90. The molecular formula is C16H14Cl2N2O4. The zero-order valence-corrected chi connectivity index (χ0v) is 13.9. The first kappa shape index (κ1) is 17.9. The largest absolute Gasteiger partial charge is 0.483 e. The van der Waals surface area contributed by atoms with Gasteiger partial charge in [0.25, 0.3) is 5.91 Å². The molecule has 0 saturated carbocycles. The molecule has 8 heteroatoms. The number of amides is 1. The topological polar surface area (TPSA) is 102 Å². The number of ether oxygens (including phenoxy) is 1. The normalized spacial score (nSPS) is 10.2. The predicted molar refractivity (Wildman–Crippen MR) is 91.9 cm³/mol. The van der Waals surface area contributed by atoms with Crippen LogP contribution in [0.4, 0.5) is 5.69 Å². The van der Waals surface area contributed by atoms with Gasteiger partial charge in [0.05, 0.1) is 16.3 Å². The Morgan fingerprint density at radius 1 is 1.17 bits per heavy atom. The molecule has 0 saturated heterocycles. The van der Waals surface area contributed by atoms with E-state index in [1.165, 1.54) is 18.2 Å². The number of hydrogen-bond donors (Lipinski definition) is 3. The summed E-state index contributed by atoms with van der Waals surface area (Å²) in [6, 6.07) is 9.25. The van der Waals surface area contributed by atoms with Crippen LogP contribution in [0.5, 0.6) is 5.75 Å². The number of anilines is 1. The summed E-state index contributed by atoms with van der Waals surface area (Å²) in [5.41, 5.74) is 6.30. The van der Waals surface area contributed by atoms with Gasteiger partial charge in [-0.2, -0.15) is 0 Å². The van der Waals surface area contributed by atoms with E-state index >= 15 is 0 Å². The number of nitrogens with two attached hydrogens (primary N) is 1. The number of carboxylic acid groups (broad SMARTS) is 1. The summed E-state index contributed by atoms with van der Waals surface area (Å²) in [6.07, 6.45) is 0. The van der Waals surface area contributed by atoms with Crippen LogP contribution in [-0.2, 0) is 11.3 Å². The molecule has 0 spiro atoms. The monoisotopic (exact) mass is 368 g/mol. The molecule has 0 bridgehead atoms. The van der Waals surface area contributed by atoms with Gasteiger partial charge in [0, 0.05) is 17.1 Å². The number of carbonyl (C=O) groups is 2. The Hall–Kier alpha value is -2.44. The maximum absolute atomic E-state index is 11.0. The lowest BCUT2D eigenvalue weighted by atomic mass is 10.1. The number of halogens is 2. The highest BCUT2D eigenvalue weighted by Crippen LogP contribution is 2.27. The zero-order chi connectivity index (χ0) is 17.7. The number of rotatable bonds is 7. The third kappa shape index (κ3) is 4.78. The molecule has 2 aromatic carbocycles. The molecule has 0 aliphatic carbocycles. The predicted octanol–water partition coefficient (Wildman–Crippen LogP) is 3.17. The van der Waals surface area contributed by atoms with Gasteiger partial charge >= 0.3 is 5.97 Å². The smallest absolute Gasteiger partial charge is 0.335 e. The van der Waals surface area contributed by atoms with Crippen molar-refractivity contribution in [2.45, 2.75) is 6.54 Å². The van der Waals surface area contributed by atoms with E-state index in [1.807, 2.05) is 0 Å². The van der Waals surface area contributed by atoms with Crippen molar-refractivity contribution in [1.82, 2.24) is 0 Å². The fourth-order valence-electron chi connectivity index (χ4n) is 1.96. The second-order valence-corrected chi connectivity index (χ2v) is 5.70. The SMILES string of the molecule is NC(=O)COc1ccc(Cl)cc1CNc1cc(C(=O)O)ccc1Cl. The lowest BCUT2D eigenvalue weighted by molar-refractivity contribution is -0.119. The second-order valence-electron chi connectivity index (χ2n) is 4.86. The molecule has 4 N–H and O–H groups in total. The Balaban J connectivity index is 2.19. The van der Waals surface area contributed by atoms with Gasteiger partial charge in [-0.15, -0.1) is 0 Å². The van der Waals surface area contributed by atoms with Gasteiger partial charge in [0.1, 0.15) is 5.75 Å². The number of nitrogens with one attached hydrogen (secondary N) is 1.